The number of ether oxygens (including phenoxy) is 1. The van der Waals surface area contributed by atoms with E-state index in [2.05, 4.69) is 53.6 Å². The lowest BCUT2D eigenvalue weighted by molar-refractivity contribution is -0.119. The summed E-state index contributed by atoms with van der Waals surface area (Å²) in [6.07, 6.45) is 2.70. The minimum Gasteiger partial charge on any atom is -0.497 e. The van der Waals surface area contributed by atoms with Gasteiger partial charge in [0.2, 0.25) is 5.91 Å². The molecule has 1 N–H and O–H groups in total. The lowest BCUT2D eigenvalue weighted by Gasteiger charge is -2.15. The number of benzene rings is 2. The van der Waals surface area contributed by atoms with Gasteiger partial charge in [-0.05, 0) is 42.5 Å². The van der Waals surface area contributed by atoms with Crippen LogP contribution in [0, 0.1) is 5.92 Å². The Morgan fingerprint density at radius 2 is 1.93 bits per heavy atom. The molecule has 30 heavy (non-hydrogen) atoms. The number of carbonyl (C=O) groups is 1. The van der Waals surface area contributed by atoms with Crippen molar-refractivity contribution in [2.75, 3.05) is 12.9 Å². The van der Waals surface area contributed by atoms with Crippen molar-refractivity contribution in [1.82, 2.24) is 20.1 Å². The van der Waals surface area contributed by atoms with Crippen molar-refractivity contribution in [2.24, 2.45) is 5.92 Å². The molecular formula is C23H28N4O2S. The van der Waals surface area contributed by atoms with Gasteiger partial charge in [0, 0.05) is 6.07 Å². The standard InChI is InChI=1S/C23H28N4O2S/c1-16(2)12-18-8-10-19(11-9-18)17(3)25-22(28)14-30-23-26-24-15-27(23)20-6-5-7-21(13-20)29-4/h5-11,13,15-17H,12,14H2,1-4H3,(H,25,28)/t17-/m0/s1. The quantitative estimate of drug-likeness (QED) is 0.514. The Balaban J connectivity index is 1.57. The molecule has 0 aliphatic carbocycles. The van der Waals surface area contributed by atoms with E-state index in [0.717, 1.165) is 23.4 Å². The first kappa shape index (κ1) is 21.9. The fourth-order valence-electron chi connectivity index (χ4n) is 3.17. The average molecular weight is 425 g/mol. The van der Waals surface area contributed by atoms with Crippen LogP contribution in [-0.2, 0) is 11.2 Å². The number of methoxy groups -OCH3 is 1. The third kappa shape index (κ3) is 5.86. The maximum atomic E-state index is 12.5. The van der Waals surface area contributed by atoms with Gasteiger partial charge in [0.1, 0.15) is 12.1 Å². The van der Waals surface area contributed by atoms with Crippen molar-refractivity contribution < 1.29 is 9.53 Å². The molecule has 0 spiro atoms. The van der Waals surface area contributed by atoms with Gasteiger partial charge in [0.15, 0.2) is 5.16 Å². The lowest BCUT2D eigenvalue weighted by atomic mass is 10.00. The van der Waals surface area contributed by atoms with E-state index in [-0.39, 0.29) is 17.7 Å². The van der Waals surface area contributed by atoms with Crippen molar-refractivity contribution in [1.29, 1.82) is 0 Å². The molecule has 158 valence electrons. The number of hydrogen-bond donors (Lipinski definition) is 1. The third-order valence-electron chi connectivity index (χ3n) is 4.68. The van der Waals surface area contributed by atoms with Crippen LogP contribution in [0.4, 0.5) is 0 Å². The summed E-state index contributed by atoms with van der Waals surface area (Å²) in [7, 11) is 1.63. The molecule has 0 saturated heterocycles. The van der Waals surface area contributed by atoms with Crippen molar-refractivity contribution in [3.8, 4) is 11.4 Å². The second kappa shape index (κ2) is 10.3. The highest BCUT2D eigenvalue weighted by Gasteiger charge is 2.13. The lowest BCUT2D eigenvalue weighted by Crippen LogP contribution is -2.28. The number of thioether (sulfide) groups is 1. The summed E-state index contributed by atoms with van der Waals surface area (Å²) < 4.78 is 7.12. The fourth-order valence-corrected chi connectivity index (χ4v) is 3.91. The van der Waals surface area contributed by atoms with E-state index in [9.17, 15) is 4.79 Å². The number of carbonyl (C=O) groups excluding carboxylic acids is 1. The maximum Gasteiger partial charge on any atom is 0.230 e. The van der Waals surface area contributed by atoms with Gasteiger partial charge >= 0.3 is 0 Å². The smallest absolute Gasteiger partial charge is 0.230 e. The average Bonchev–Trinajstić information content (AvgIpc) is 3.21. The Morgan fingerprint density at radius 3 is 2.63 bits per heavy atom. The van der Waals surface area contributed by atoms with Crippen LogP contribution in [0.15, 0.2) is 60.0 Å². The van der Waals surface area contributed by atoms with Gasteiger partial charge < -0.3 is 10.1 Å². The summed E-state index contributed by atoms with van der Waals surface area (Å²) in [5.41, 5.74) is 3.30. The molecule has 0 aliphatic rings. The molecule has 1 atom stereocenters. The minimum atomic E-state index is -0.0533. The molecule has 0 radical (unpaired) electrons. The van der Waals surface area contributed by atoms with Crippen LogP contribution < -0.4 is 10.1 Å². The highest BCUT2D eigenvalue weighted by Crippen LogP contribution is 2.23. The van der Waals surface area contributed by atoms with Gasteiger partial charge in [0.25, 0.3) is 0 Å². The normalized spacial score (nSPS) is 12.0. The van der Waals surface area contributed by atoms with Crippen LogP contribution in [0.3, 0.4) is 0 Å². The molecule has 0 fully saturated rings. The topological polar surface area (TPSA) is 69.0 Å². The van der Waals surface area contributed by atoms with E-state index >= 15 is 0 Å². The number of aromatic nitrogens is 3. The summed E-state index contributed by atoms with van der Waals surface area (Å²) >= 11 is 1.35. The molecule has 1 heterocycles. The summed E-state index contributed by atoms with van der Waals surface area (Å²) in [6, 6.07) is 16.0. The maximum absolute atomic E-state index is 12.5. The molecule has 1 aromatic heterocycles. The monoisotopic (exact) mass is 424 g/mol. The van der Waals surface area contributed by atoms with Gasteiger partial charge in [-0.1, -0.05) is 55.9 Å². The number of hydrogen-bond acceptors (Lipinski definition) is 5. The number of rotatable bonds is 9. The second-order valence-electron chi connectivity index (χ2n) is 7.60. The van der Waals surface area contributed by atoms with Crippen LogP contribution in [0.25, 0.3) is 5.69 Å². The second-order valence-corrected chi connectivity index (χ2v) is 8.54. The molecule has 2 aromatic carbocycles. The van der Waals surface area contributed by atoms with Crippen LogP contribution in [0.1, 0.15) is 37.9 Å². The van der Waals surface area contributed by atoms with Crippen LogP contribution >= 0.6 is 11.8 Å². The molecule has 7 heteroatoms. The Hall–Kier alpha value is -2.80. The van der Waals surface area contributed by atoms with Crippen molar-refractivity contribution in [2.45, 2.75) is 38.4 Å². The Bertz CT molecular complexity index is 969. The first-order valence-corrected chi connectivity index (χ1v) is 11.0. The highest BCUT2D eigenvalue weighted by molar-refractivity contribution is 7.99. The molecule has 6 nitrogen and oxygen atoms in total. The van der Waals surface area contributed by atoms with E-state index < -0.39 is 0 Å². The van der Waals surface area contributed by atoms with Gasteiger partial charge in [-0.25, -0.2) is 0 Å². The van der Waals surface area contributed by atoms with Crippen LogP contribution in [0.2, 0.25) is 0 Å². The van der Waals surface area contributed by atoms with E-state index in [1.165, 1.54) is 17.3 Å². The highest BCUT2D eigenvalue weighted by atomic mass is 32.2. The van der Waals surface area contributed by atoms with Crippen molar-refractivity contribution in [3.05, 3.63) is 66.0 Å². The minimum absolute atomic E-state index is 0.0426. The third-order valence-corrected chi connectivity index (χ3v) is 5.62. The Kier molecular flexibility index (Phi) is 7.52. The zero-order valence-electron chi connectivity index (χ0n) is 17.8. The molecule has 3 rings (SSSR count). The summed E-state index contributed by atoms with van der Waals surface area (Å²) in [4.78, 5) is 12.5. The molecular weight excluding hydrogens is 396 g/mol. The number of amides is 1. The van der Waals surface area contributed by atoms with E-state index in [1.54, 1.807) is 13.4 Å². The number of nitrogens with one attached hydrogen (secondary N) is 1. The summed E-state index contributed by atoms with van der Waals surface area (Å²) in [6.45, 7) is 6.42. The molecule has 0 aliphatic heterocycles. The van der Waals surface area contributed by atoms with E-state index in [4.69, 9.17) is 4.74 Å². The Labute approximate surface area is 182 Å². The molecule has 0 unspecified atom stereocenters. The van der Waals surface area contributed by atoms with Crippen molar-refractivity contribution in [3.63, 3.8) is 0 Å². The largest absolute Gasteiger partial charge is 0.497 e. The van der Waals surface area contributed by atoms with Crippen LogP contribution in [-0.4, -0.2) is 33.5 Å². The van der Waals surface area contributed by atoms with E-state index in [0.29, 0.717) is 11.1 Å². The fraction of sp³-hybridized carbons (Fsp3) is 0.348. The number of nitrogens with zero attached hydrogens (tertiary/aromatic N) is 3. The summed E-state index contributed by atoms with van der Waals surface area (Å²) in [5, 5.41) is 11.9. The van der Waals surface area contributed by atoms with Gasteiger partial charge in [0.05, 0.1) is 24.6 Å². The zero-order valence-corrected chi connectivity index (χ0v) is 18.6. The SMILES string of the molecule is COc1cccc(-n2cnnc2SCC(=O)N[C@@H](C)c2ccc(CC(C)C)cc2)c1. The predicted octanol–water partition coefficient (Wildman–Crippen LogP) is 4.44. The molecule has 3 aromatic rings. The van der Waals surface area contributed by atoms with Gasteiger partial charge in [-0.2, -0.15) is 0 Å². The molecule has 0 saturated carbocycles. The first-order chi connectivity index (χ1) is 14.5. The van der Waals surface area contributed by atoms with Crippen LogP contribution in [0.5, 0.6) is 5.75 Å². The molecule has 0 bridgehead atoms. The Morgan fingerprint density at radius 1 is 1.17 bits per heavy atom. The summed E-state index contributed by atoms with van der Waals surface area (Å²) in [5.74, 6) is 1.60. The molecule has 1 amide bonds. The van der Waals surface area contributed by atoms with Gasteiger partial charge in [-0.15, -0.1) is 10.2 Å². The van der Waals surface area contributed by atoms with E-state index in [1.807, 2.05) is 35.8 Å². The predicted molar refractivity (Wildman–Crippen MR) is 120 cm³/mol. The zero-order chi connectivity index (χ0) is 21.5. The van der Waals surface area contributed by atoms with Crippen molar-refractivity contribution >= 4 is 17.7 Å². The van der Waals surface area contributed by atoms with Gasteiger partial charge in [-0.3, -0.25) is 9.36 Å². The first-order valence-electron chi connectivity index (χ1n) is 10.0.